The van der Waals surface area contributed by atoms with Gasteiger partial charge in [0.25, 0.3) is 5.91 Å². The van der Waals surface area contributed by atoms with Gasteiger partial charge in [-0.2, -0.15) is 0 Å². The summed E-state index contributed by atoms with van der Waals surface area (Å²) >= 11 is 1.43. The molecule has 0 unspecified atom stereocenters. The van der Waals surface area contributed by atoms with Gasteiger partial charge in [-0.25, -0.2) is 9.97 Å². The minimum absolute atomic E-state index is 0.264. The molecule has 8 heteroatoms. The maximum absolute atomic E-state index is 13.1. The van der Waals surface area contributed by atoms with Gasteiger partial charge in [0.15, 0.2) is 10.8 Å². The normalized spacial score (nSPS) is 12.0. The van der Waals surface area contributed by atoms with Crippen molar-refractivity contribution >= 4 is 17.2 Å². The molecule has 0 radical (unpaired) electrons. The number of hydrogen-bond donors (Lipinski definition) is 1. The second kappa shape index (κ2) is 7.92. The molecule has 0 aliphatic carbocycles. The fourth-order valence-electron chi connectivity index (χ4n) is 3.06. The first-order chi connectivity index (χ1) is 14.1. The van der Waals surface area contributed by atoms with Crippen molar-refractivity contribution in [1.29, 1.82) is 0 Å². The molecule has 29 heavy (non-hydrogen) atoms. The number of rotatable bonds is 6. The number of carbonyl (C=O) groups excluding carboxylic acids is 1. The van der Waals surface area contributed by atoms with E-state index in [1.165, 1.54) is 11.3 Å². The number of furan rings is 1. The Hall–Kier alpha value is -3.39. The van der Waals surface area contributed by atoms with E-state index in [0.717, 1.165) is 22.0 Å². The number of nitrogens with zero attached hydrogens (tertiary/aromatic N) is 3. The smallest absolute Gasteiger partial charge is 0.271 e. The third-order valence-electron chi connectivity index (χ3n) is 4.58. The molecule has 4 rings (SSSR count). The summed E-state index contributed by atoms with van der Waals surface area (Å²) in [5.41, 5.74) is 1.28. The summed E-state index contributed by atoms with van der Waals surface area (Å²) in [6.07, 6.45) is 5.15. The van der Waals surface area contributed by atoms with Crippen LogP contribution in [-0.2, 0) is 7.05 Å². The van der Waals surface area contributed by atoms with Crippen molar-refractivity contribution in [2.24, 2.45) is 7.05 Å². The number of hydrogen-bond acceptors (Lipinski definition) is 6. The van der Waals surface area contributed by atoms with Crippen molar-refractivity contribution in [3.63, 3.8) is 0 Å². The first-order valence-corrected chi connectivity index (χ1v) is 9.82. The van der Waals surface area contributed by atoms with Gasteiger partial charge in [0.05, 0.1) is 13.4 Å². The molecule has 4 aromatic rings. The van der Waals surface area contributed by atoms with Crippen LogP contribution < -0.4 is 10.1 Å². The average molecular weight is 408 g/mol. The molecule has 148 valence electrons. The zero-order valence-electron chi connectivity index (χ0n) is 16.2. The molecule has 0 aliphatic heterocycles. The van der Waals surface area contributed by atoms with Gasteiger partial charge >= 0.3 is 0 Å². The van der Waals surface area contributed by atoms with E-state index in [4.69, 9.17) is 9.15 Å². The SMILES string of the molecule is COc1ccc([C@@H](NC(=O)c2nc(-c3ccco3)sc2C)c2nccn2C)cc1. The monoisotopic (exact) mass is 408 g/mol. The van der Waals surface area contributed by atoms with Gasteiger partial charge in [0.2, 0.25) is 0 Å². The zero-order chi connectivity index (χ0) is 20.4. The number of thiazole rings is 1. The van der Waals surface area contributed by atoms with Crippen LogP contribution in [0.5, 0.6) is 5.75 Å². The van der Waals surface area contributed by atoms with Crippen LogP contribution in [0.3, 0.4) is 0 Å². The van der Waals surface area contributed by atoms with Crippen molar-refractivity contribution in [2.45, 2.75) is 13.0 Å². The molecule has 1 amide bonds. The fourth-order valence-corrected chi connectivity index (χ4v) is 3.94. The second-order valence-corrected chi connectivity index (χ2v) is 7.68. The van der Waals surface area contributed by atoms with Crippen molar-refractivity contribution in [1.82, 2.24) is 19.9 Å². The lowest BCUT2D eigenvalue weighted by molar-refractivity contribution is 0.0936. The molecule has 3 aromatic heterocycles. The summed E-state index contributed by atoms with van der Waals surface area (Å²) in [4.78, 5) is 22.9. The number of nitrogens with one attached hydrogen (secondary N) is 1. The lowest BCUT2D eigenvalue weighted by atomic mass is 10.1. The molecule has 1 atom stereocenters. The van der Waals surface area contributed by atoms with E-state index < -0.39 is 6.04 Å². The number of carbonyl (C=O) groups is 1. The minimum Gasteiger partial charge on any atom is -0.497 e. The molecular weight excluding hydrogens is 388 g/mol. The summed E-state index contributed by atoms with van der Waals surface area (Å²) < 4.78 is 12.5. The van der Waals surface area contributed by atoms with Crippen molar-refractivity contribution in [3.8, 4) is 16.5 Å². The van der Waals surface area contributed by atoms with Crippen molar-refractivity contribution in [3.05, 3.63) is 77.0 Å². The van der Waals surface area contributed by atoms with E-state index in [1.807, 2.05) is 55.1 Å². The molecule has 0 fully saturated rings. The van der Waals surface area contributed by atoms with Gasteiger partial charge in [-0.3, -0.25) is 4.79 Å². The van der Waals surface area contributed by atoms with Crippen LogP contribution in [0.1, 0.15) is 32.8 Å². The lowest BCUT2D eigenvalue weighted by Crippen LogP contribution is -2.31. The Morgan fingerprint density at radius 2 is 2.07 bits per heavy atom. The molecule has 0 saturated heterocycles. The zero-order valence-corrected chi connectivity index (χ0v) is 17.1. The van der Waals surface area contributed by atoms with Gasteiger partial charge in [-0.1, -0.05) is 12.1 Å². The Bertz CT molecular complexity index is 1110. The first-order valence-electron chi connectivity index (χ1n) is 9.00. The maximum atomic E-state index is 13.1. The lowest BCUT2D eigenvalue weighted by Gasteiger charge is -2.19. The van der Waals surface area contributed by atoms with E-state index in [0.29, 0.717) is 16.5 Å². The molecule has 0 bridgehead atoms. The van der Waals surface area contributed by atoms with E-state index >= 15 is 0 Å². The van der Waals surface area contributed by atoms with Gasteiger partial charge in [0.1, 0.15) is 23.3 Å². The summed E-state index contributed by atoms with van der Waals surface area (Å²) in [6, 6.07) is 10.8. The van der Waals surface area contributed by atoms with E-state index in [1.54, 1.807) is 25.6 Å². The molecule has 0 spiro atoms. The van der Waals surface area contributed by atoms with Crippen LogP contribution in [0.2, 0.25) is 0 Å². The van der Waals surface area contributed by atoms with Gasteiger partial charge in [-0.05, 0) is 36.8 Å². The standard InChI is InChI=1S/C21H20N4O3S/c1-13-17(24-21(29-13)16-5-4-12-28-16)20(26)23-18(19-22-10-11-25(19)2)14-6-8-15(27-3)9-7-14/h4-12,18H,1-3H3,(H,23,26)/t18-/m1/s1. The highest BCUT2D eigenvalue weighted by atomic mass is 32.1. The van der Waals surface area contributed by atoms with Crippen LogP contribution in [0.15, 0.2) is 59.5 Å². The predicted octanol–water partition coefficient (Wildman–Crippen LogP) is 3.97. The number of aromatic nitrogens is 3. The Morgan fingerprint density at radius 1 is 1.28 bits per heavy atom. The Morgan fingerprint density at radius 3 is 2.69 bits per heavy atom. The highest BCUT2D eigenvalue weighted by Gasteiger charge is 2.24. The number of imidazole rings is 1. The summed E-state index contributed by atoms with van der Waals surface area (Å²) in [6.45, 7) is 1.88. The van der Waals surface area contributed by atoms with Crippen LogP contribution in [0.25, 0.3) is 10.8 Å². The third kappa shape index (κ3) is 3.79. The van der Waals surface area contributed by atoms with E-state index in [2.05, 4.69) is 15.3 Å². The molecule has 7 nitrogen and oxygen atoms in total. The summed E-state index contributed by atoms with van der Waals surface area (Å²) in [5.74, 6) is 1.85. The molecule has 0 saturated carbocycles. The average Bonchev–Trinajstić information content (AvgIpc) is 3.47. The predicted molar refractivity (Wildman–Crippen MR) is 110 cm³/mol. The topological polar surface area (TPSA) is 82.2 Å². The number of amides is 1. The van der Waals surface area contributed by atoms with E-state index in [-0.39, 0.29) is 5.91 Å². The number of ether oxygens (including phenoxy) is 1. The first kappa shape index (κ1) is 18.9. The van der Waals surface area contributed by atoms with Gasteiger partial charge in [0, 0.05) is 24.3 Å². The summed E-state index contributed by atoms with van der Waals surface area (Å²) in [5, 5.41) is 3.76. The number of methoxy groups -OCH3 is 1. The van der Waals surface area contributed by atoms with Crippen LogP contribution in [-0.4, -0.2) is 27.6 Å². The fraction of sp³-hybridized carbons (Fsp3) is 0.190. The minimum atomic E-state index is -0.429. The largest absolute Gasteiger partial charge is 0.497 e. The Kier molecular flexibility index (Phi) is 5.18. The molecule has 3 heterocycles. The van der Waals surface area contributed by atoms with Crippen molar-refractivity contribution < 1.29 is 13.9 Å². The molecule has 1 aromatic carbocycles. The Balaban J connectivity index is 1.66. The number of aryl methyl sites for hydroxylation is 2. The van der Waals surface area contributed by atoms with E-state index in [9.17, 15) is 4.79 Å². The van der Waals surface area contributed by atoms with Crippen LogP contribution in [0, 0.1) is 6.92 Å². The maximum Gasteiger partial charge on any atom is 0.271 e. The highest BCUT2D eigenvalue weighted by molar-refractivity contribution is 7.15. The Labute approximate surface area is 172 Å². The highest BCUT2D eigenvalue weighted by Crippen LogP contribution is 2.29. The molecule has 0 aliphatic rings. The van der Waals surface area contributed by atoms with Crippen LogP contribution in [0.4, 0.5) is 0 Å². The van der Waals surface area contributed by atoms with Gasteiger partial charge < -0.3 is 19.0 Å². The van der Waals surface area contributed by atoms with Crippen molar-refractivity contribution in [2.75, 3.05) is 7.11 Å². The summed E-state index contributed by atoms with van der Waals surface area (Å²) in [7, 11) is 3.52. The third-order valence-corrected chi connectivity index (χ3v) is 5.57. The van der Waals surface area contributed by atoms with Crippen LogP contribution >= 0.6 is 11.3 Å². The second-order valence-electron chi connectivity index (χ2n) is 6.48. The molecule has 1 N–H and O–H groups in total. The van der Waals surface area contributed by atoms with Gasteiger partial charge in [-0.15, -0.1) is 11.3 Å². The number of benzene rings is 1. The molecular formula is C21H20N4O3S. The quantitative estimate of drug-likeness (QED) is 0.522.